The molecule has 0 spiro atoms. The molecule has 0 bridgehead atoms. The van der Waals surface area contributed by atoms with Crippen LogP contribution >= 0.6 is 0 Å². The smallest absolute Gasteiger partial charge is 0.328 e. The molecule has 5 heteroatoms. The Bertz CT molecular complexity index is 521. The summed E-state index contributed by atoms with van der Waals surface area (Å²) in [6.07, 6.45) is 13.6. The number of esters is 1. The lowest BCUT2D eigenvalue weighted by Gasteiger charge is -2.32. The minimum Gasteiger partial charge on any atom is -0.508 e. The summed E-state index contributed by atoms with van der Waals surface area (Å²) in [6.45, 7) is 5.53. The van der Waals surface area contributed by atoms with Crippen LogP contribution in [0, 0.1) is 5.41 Å². The first-order valence-electron chi connectivity index (χ1n) is 8.62. The molecule has 0 aromatic carbocycles. The molecule has 0 aliphatic heterocycles. The fraction of sp³-hybridized carbons (Fsp3) is 0.579. The summed E-state index contributed by atoms with van der Waals surface area (Å²) in [7, 11) is 0. The van der Waals surface area contributed by atoms with Gasteiger partial charge in [-0.3, -0.25) is 4.79 Å². The lowest BCUT2D eigenvalue weighted by atomic mass is 9.75. The number of hydrogen-bond acceptors (Lipinski definition) is 4. The van der Waals surface area contributed by atoms with Gasteiger partial charge in [-0.05, 0) is 38.3 Å². The summed E-state index contributed by atoms with van der Waals surface area (Å²) in [4.78, 5) is 23.6. The van der Waals surface area contributed by atoms with Crippen LogP contribution in [0.3, 0.4) is 0 Å². The van der Waals surface area contributed by atoms with E-state index in [-0.39, 0.29) is 18.3 Å². The molecular formula is C19H29NO4. The molecule has 2 atom stereocenters. The topological polar surface area (TPSA) is 75.6 Å². The molecule has 0 heterocycles. The standard InChI is InChI=1S/C19H29NO4/c1-4-6-7-8-11-19(12-9-16(22)10-13-19)14-17(20-15(3)21)18(23)24-5-2/h8-12,17,22H,4-7,13-14H2,1-3H3,(H,20,21)/t17-,19?/m0/s1. The van der Waals surface area contributed by atoms with E-state index in [1.165, 1.54) is 6.92 Å². The second-order valence-corrected chi connectivity index (χ2v) is 6.15. The van der Waals surface area contributed by atoms with E-state index in [9.17, 15) is 14.7 Å². The van der Waals surface area contributed by atoms with Crippen LogP contribution in [0.15, 0.2) is 36.1 Å². The van der Waals surface area contributed by atoms with Crippen LogP contribution in [0.25, 0.3) is 0 Å². The summed E-state index contributed by atoms with van der Waals surface area (Å²) in [5, 5.41) is 12.3. The fourth-order valence-corrected chi connectivity index (χ4v) is 2.73. The molecule has 0 saturated carbocycles. The lowest BCUT2D eigenvalue weighted by molar-refractivity contribution is -0.147. The predicted octanol–water partition coefficient (Wildman–Crippen LogP) is 3.58. The Morgan fingerprint density at radius 3 is 2.75 bits per heavy atom. The third-order valence-corrected chi connectivity index (χ3v) is 3.98. The number of hydrogen-bond donors (Lipinski definition) is 2. The van der Waals surface area contributed by atoms with Crippen molar-refractivity contribution in [3.05, 3.63) is 36.1 Å². The van der Waals surface area contributed by atoms with Crippen LogP contribution < -0.4 is 5.32 Å². The van der Waals surface area contributed by atoms with Gasteiger partial charge in [-0.2, -0.15) is 0 Å². The highest BCUT2D eigenvalue weighted by atomic mass is 16.5. The second-order valence-electron chi connectivity index (χ2n) is 6.15. The van der Waals surface area contributed by atoms with Crippen molar-refractivity contribution >= 4 is 11.9 Å². The fourth-order valence-electron chi connectivity index (χ4n) is 2.73. The Labute approximate surface area is 144 Å². The van der Waals surface area contributed by atoms with Gasteiger partial charge in [0.15, 0.2) is 0 Å². The van der Waals surface area contributed by atoms with Gasteiger partial charge in [0, 0.05) is 12.3 Å². The van der Waals surface area contributed by atoms with Crippen LogP contribution in [0.4, 0.5) is 0 Å². The SMILES string of the molecule is CCCCC=CC1(C[C@H](NC(C)=O)C(=O)OCC)C=CC(O)=CC1. The average Bonchev–Trinajstić information content (AvgIpc) is 2.54. The van der Waals surface area contributed by atoms with E-state index in [0.717, 1.165) is 19.3 Å². The van der Waals surface area contributed by atoms with Crippen molar-refractivity contribution in [3.8, 4) is 0 Å². The molecule has 0 radical (unpaired) electrons. The lowest BCUT2D eigenvalue weighted by Crippen LogP contribution is -2.44. The number of carbonyl (C=O) groups is 2. The number of rotatable bonds is 9. The van der Waals surface area contributed by atoms with E-state index >= 15 is 0 Å². The maximum Gasteiger partial charge on any atom is 0.328 e. The van der Waals surface area contributed by atoms with Gasteiger partial charge in [0.1, 0.15) is 11.8 Å². The predicted molar refractivity (Wildman–Crippen MR) is 94.4 cm³/mol. The Balaban J connectivity index is 2.95. The number of aliphatic hydroxyl groups excluding tert-OH is 1. The van der Waals surface area contributed by atoms with Crippen LogP contribution in [0.5, 0.6) is 0 Å². The molecule has 5 nitrogen and oxygen atoms in total. The van der Waals surface area contributed by atoms with E-state index in [1.807, 2.05) is 6.08 Å². The maximum absolute atomic E-state index is 12.2. The summed E-state index contributed by atoms with van der Waals surface area (Å²) < 4.78 is 5.09. The van der Waals surface area contributed by atoms with E-state index in [0.29, 0.717) is 12.8 Å². The second kappa shape index (κ2) is 9.96. The van der Waals surface area contributed by atoms with Gasteiger partial charge in [0.05, 0.1) is 6.61 Å². The van der Waals surface area contributed by atoms with Crippen molar-refractivity contribution in [3.63, 3.8) is 0 Å². The molecule has 0 saturated heterocycles. The third-order valence-electron chi connectivity index (χ3n) is 3.98. The molecule has 0 aromatic heterocycles. The number of carbonyl (C=O) groups excluding carboxylic acids is 2. The number of amides is 1. The number of ether oxygens (including phenoxy) is 1. The zero-order valence-corrected chi connectivity index (χ0v) is 14.9. The van der Waals surface area contributed by atoms with E-state index < -0.39 is 17.4 Å². The molecule has 1 unspecified atom stereocenters. The normalized spacial score (nSPS) is 21.4. The number of nitrogens with one attached hydrogen (secondary N) is 1. The van der Waals surface area contributed by atoms with E-state index in [4.69, 9.17) is 4.74 Å². The molecule has 1 rings (SSSR count). The third kappa shape index (κ3) is 6.60. The summed E-state index contributed by atoms with van der Waals surface area (Å²) >= 11 is 0. The minimum atomic E-state index is -0.712. The molecule has 24 heavy (non-hydrogen) atoms. The largest absolute Gasteiger partial charge is 0.508 e. The van der Waals surface area contributed by atoms with Gasteiger partial charge >= 0.3 is 5.97 Å². The molecule has 134 valence electrons. The zero-order valence-electron chi connectivity index (χ0n) is 14.9. The van der Waals surface area contributed by atoms with Crippen molar-refractivity contribution in [1.82, 2.24) is 5.32 Å². The van der Waals surface area contributed by atoms with Crippen molar-refractivity contribution in [2.45, 2.75) is 58.9 Å². The van der Waals surface area contributed by atoms with Gasteiger partial charge in [-0.25, -0.2) is 4.79 Å². The van der Waals surface area contributed by atoms with E-state index in [2.05, 4.69) is 24.4 Å². The molecule has 0 fully saturated rings. The number of allylic oxidation sites excluding steroid dienone is 5. The number of unbranched alkanes of at least 4 members (excludes halogenated alkanes) is 2. The van der Waals surface area contributed by atoms with Gasteiger partial charge in [0.25, 0.3) is 0 Å². The maximum atomic E-state index is 12.2. The monoisotopic (exact) mass is 335 g/mol. The molecule has 2 N–H and O–H groups in total. The highest BCUT2D eigenvalue weighted by Gasteiger charge is 2.33. The van der Waals surface area contributed by atoms with Crippen molar-refractivity contribution in [2.24, 2.45) is 5.41 Å². The number of aliphatic hydroxyl groups is 1. The van der Waals surface area contributed by atoms with Gasteiger partial charge in [-0.15, -0.1) is 0 Å². The summed E-state index contributed by atoms with van der Waals surface area (Å²) in [5.41, 5.74) is -0.417. The van der Waals surface area contributed by atoms with Gasteiger partial charge < -0.3 is 15.2 Å². The van der Waals surface area contributed by atoms with Crippen LogP contribution in [0.1, 0.15) is 52.9 Å². The first-order chi connectivity index (χ1) is 11.4. The molecule has 1 aliphatic rings. The average molecular weight is 335 g/mol. The highest BCUT2D eigenvalue weighted by molar-refractivity contribution is 5.83. The first-order valence-corrected chi connectivity index (χ1v) is 8.62. The van der Waals surface area contributed by atoms with Crippen molar-refractivity contribution in [2.75, 3.05) is 6.61 Å². The van der Waals surface area contributed by atoms with Crippen LogP contribution in [0.2, 0.25) is 0 Å². The molecule has 1 aliphatic carbocycles. The summed E-state index contributed by atoms with van der Waals surface area (Å²) in [5.74, 6) is -0.475. The quantitative estimate of drug-likeness (QED) is 0.384. The first kappa shape index (κ1) is 20.0. The molecule has 1 amide bonds. The Morgan fingerprint density at radius 2 is 2.21 bits per heavy atom. The van der Waals surface area contributed by atoms with Gasteiger partial charge in [-0.1, -0.05) is 38.0 Å². The van der Waals surface area contributed by atoms with Gasteiger partial charge in [0.2, 0.25) is 5.91 Å². The zero-order chi connectivity index (χ0) is 18.0. The Hall–Kier alpha value is -2.04. The van der Waals surface area contributed by atoms with E-state index in [1.54, 1.807) is 19.1 Å². The Kier molecular flexibility index (Phi) is 8.30. The molecular weight excluding hydrogens is 306 g/mol. The highest BCUT2D eigenvalue weighted by Crippen LogP contribution is 2.36. The van der Waals surface area contributed by atoms with Crippen LogP contribution in [-0.2, 0) is 14.3 Å². The van der Waals surface area contributed by atoms with Crippen molar-refractivity contribution in [1.29, 1.82) is 0 Å². The summed E-state index contributed by atoms with van der Waals surface area (Å²) in [6, 6.07) is -0.712. The minimum absolute atomic E-state index is 0.222. The van der Waals surface area contributed by atoms with Crippen LogP contribution in [-0.4, -0.2) is 29.6 Å². The van der Waals surface area contributed by atoms with Crippen molar-refractivity contribution < 1.29 is 19.4 Å². The molecule has 0 aromatic rings. The Morgan fingerprint density at radius 1 is 1.46 bits per heavy atom.